The molecule has 0 fully saturated rings. The van der Waals surface area contributed by atoms with E-state index in [0.29, 0.717) is 0 Å². The molecule has 64 heavy (non-hydrogen) atoms. The topological polar surface area (TPSA) is 209 Å². The fraction of sp³-hybridized carbons (Fsp3) is 0.143. The molecule has 0 aromatic heterocycles. The van der Waals surface area contributed by atoms with Gasteiger partial charge in [0.05, 0.1) is 75.6 Å². The summed E-state index contributed by atoms with van der Waals surface area (Å²) in [4.78, 5) is 78.2. The van der Waals surface area contributed by atoms with Crippen molar-refractivity contribution in [1.29, 1.82) is 0 Å². The number of carbonyl (C=O) groups is 6. The average molecular weight is 1010 g/mol. The minimum absolute atomic E-state index is 0.0177. The molecule has 5 aromatic carbocycles. The van der Waals surface area contributed by atoms with Gasteiger partial charge in [0.25, 0.3) is 23.6 Å². The van der Waals surface area contributed by atoms with Crippen molar-refractivity contribution < 1.29 is 33.5 Å². The second kappa shape index (κ2) is 22.8. The van der Waals surface area contributed by atoms with Crippen LogP contribution in [0, 0.1) is 0 Å². The second-order valence-electron chi connectivity index (χ2n) is 13.1. The Morgan fingerprint density at radius 3 is 1.41 bits per heavy atom. The van der Waals surface area contributed by atoms with E-state index in [1.165, 1.54) is 78.9 Å². The molecule has 5 aromatic rings. The Morgan fingerprint density at radius 2 is 0.984 bits per heavy atom. The van der Waals surface area contributed by atoms with Crippen LogP contribution in [0.5, 0.6) is 5.75 Å². The van der Waals surface area contributed by atoms with Gasteiger partial charge in [0, 0.05) is 11.8 Å². The lowest BCUT2D eigenvalue weighted by atomic mass is 10.1. The molecule has 15 nitrogen and oxygen atoms in total. The van der Waals surface area contributed by atoms with E-state index in [0.717, 1.165) is 13.8 Å². The zero-order chi connectivity index (χ0) is 46.7. The fourth-order valence-electron chi connectivity index (χ4n) is 5.36. The average Bonchev–Trinajstić information content (AvgIpc) is 3.24. The summed E-state index contributed by atoms with van der Waals surface area (Å²) in [5.41, 5.74) is 0.608. The number of nitrogens with zero attached hydrogens (tertiary/aromatic N) is 4. The van der Waals surface area contributed by atoms with Gasteiger partial charge in [-0.05, 0) is 86.6 Å². The number of Topliss-reactive ketones (excluding diaryl/α,β-unsaturated/α-hetero) is 2. The highest BCUT2D eigenvalue weighted by Gasteiger charge is 2.27. The molecule has 0 saturated heterocycles. The minimum Gasteiger partial charge on any atom is -0.490 e. The van der Waals surface area contributed by atoms with Gasteiger partial charge in [0.2, 0.25) is 12.1 Å². The van der Waals surface area contributed by atoms with Gasteiger partial charge >= 0.3 is 0 Å². The monoisotopic (exact) mass is 1000 g/mol. The minimum atomic E-state index is -1.66. The van der Waals surface area contributed by atoms with Crippen molar-refractivity contribution in [3.63, 3.8) is 0 Å². The number of halogens is 7. The van der Waals surface area contributed by atoms with Gasteiger partial charge in [0.15, 0.2) is 11.6 Å². The number of carbonyl (C=O) groups excluding carboxylic acids is 6. The number of alkyl halides is 1. The van der Waals surface area contributed by atoms with Gasteiger partial charge in [-0.25, -0.2) is 0 Å². The Bertz CT molecular complexity index is 2680. The molecular formula is C42H31Cl7N8O7. The first-order valence-corrected chi connectivity index (χ1v) is 21.1. The number of nitrogens with one attached hydrogen (secondary N) is 4. The summed E-state index contributed by atoms with van der Waals surface area (Å²) < 4.78 is 5.72. The van der Waals surface area contributed by atoms with E-state index in [9.17, 15) is 28.8 Å². The van der Waals surface area contributed by atoms with Gasteiger partial charge in [-0.2, -0.15) is 20.5 Å². The molecule has 0 bridgehead atoms. The van der Waals surface area contributed by atoms with E-state index in [-0.39, 0.29) is 93.6 Å². The maximum atomic E-state index is 13.5. The maximum absolute atomic E-state index is 13.5. The van der Waals surface area contributed by atoms with Crippen LogP contribution in [0.25, 0.3) is 0 Å². The number of ketones is 2. The van der Waals surface area contributed by atoms with E-state index in [1.807, 2.05) is 0 Å². The highest BCUT2D eigenvalue weighted by atomic mass is 35.5. The molecule has 2 unspecified atom stereocenters. The zero-order valence-electron chi connectivity index (χ0n) is 33.0. The number of hydrogen-bond acceptors (Lipinski definition) is 11. The normalized spacial score (nSPS) is 12.1. The number of para-hydroxylation sites is 2. The third kappa shape index (κ3) is 13.0. The van der Waals surface area contributed by atoms with Crippen LogP contribution in [0.1, 0.15) is 34.6 Å². The standard InChI is InChI=1S/C42H31Cl7N8O7/c1-20(58)35(56-54-23-9-12-27(44)25(17-23)39(60)52-37-29(46)5-3-6-30(37)47)41(62)50-22-11-14-33(34(19-22)64-16-15-43)51-42(63)36(21(2)59)57-55-24-10-13-28(45)26(18-24)40(61)53-38-31(48)7-4-8-32(38)49/h3-14,17-19,35-36H,15-16H2,1-2H3,(H,50,62)(H,51,63)(H,52,60)(H,53,61). The first-order valence-electron chi connectivity index (χ1n) is 18.3. The summed E-state index contributed by atoms with van der Waals surface area (Å²) in [5.74, 6) is -4.42. The van der Waals surface area contributed by atoms with Gasteiger partial charge in [-0.3, -0.25) is 28.8 Å². The zero-order valence-corrected chi connectivity index (χ0v) is 38.3. The van der Waals surface area contributed by atoms with Crippen LogP contribution in [0.2, 0.25) is 30.1 Å². The van der Waals surface area contributed by atoms with Crippen LogP contribution >= 0.6 is 81.2 Å². The number of hydrogen-bond donors (Lipinski definition) is 4. The van der Waals surface area contributed by atoms with Crippen molar-refractivity contribution in [3.05, 3.63) is 132 Å². The Hall–Kier alpha value is -5.65. The van der Waals surface area contributed by atoms with E-state index < -0.39 is 47.3 Å². The molecule has 0 saturated carbocycles. The molecule has 4 N–H and O–H groups in total. The van der Waals surface area contributed by atoms with E-state index in [4.69, 9.17) is 85.9 Å². The summed E-state index contributed by atoms with van der Waals surface area (Å²) in [5, 5.41) is 27.1. The first kappa shape index (κ1) is 49.4. The van der Waals surface area contributed by atoms with Crippen molar-refractivity contribution in [3.8, 4) is 5.75 Å². The van der Waals surface area contributed by atoms with Gasteiger partial charge in [-0.1, -0.05) is 81.7 Å². The fourth-order valence-corrected chi connectivity index (χ4v) is 6.83. The molecule has 4 amide bonds. The van der Waals surface area contributed by atoms with Crippen LogP contribution in [-0.4, -0.2) is 59.8 Å². The predicted octanol–water partition coefficient (Wildman–Crippen LogP) is 12.1. The van der Waals surface area contributed by atoms with Crippen molar-refractivity contribution in [2.75, 3.05) is 33.8 Å². The van der Waals surface area contributed by atoms with Crippen LogP contribution in [0.3, 0.4) is 0 Å². The molecule has 5 rings (SSSR count). The highest BCUT2D eigenvalue weighted by molar-refractivity contribution is 6.41. The van der Waals surface area contributed by atoms with Crippen LogP contribution < -0.4 is 26.0 Å². The third-order valence-corrected chi connectivity index (χ3v) is 10.6. The van der Waals surface area contributed by atoms with Crippen molar-refractivity contribution in [2.45, 2.75) is 25.9 Å². The molecule has 0 spiro atoms. The predicted molar refractivity (Wildman–Crippen MR) is 250 cm³/mol. The number of rotatable bonds is 17. The van der Waals surface area contributed by atoms with E-state index in [2.05, 4.69) is 41.7 Å². The molecule has 0 heterocycles. The maximum Gasteiger partial charge on any atom is 0.258 e. The summed E-state index contributed by atoms with van der Waals surface area (Å²) in [6.45, 7) is 2.23. The van der Waals surface area contributed by atoms with Crippen molar-refractivity contribution in [2.24, 2.45) is 20.5 Å². The van der Waals surface area contributed by atoms with Crippen molar-refractivity contribution >= 4 is 151 Å². The van der Waals surface area contributed by atoms with Gasteiger partial charge < -0.3 is 26.0 Å². The smallest absolute Gasteiger partial charge is 0.258 e. The number of amides is 4. The lowest BCUT2D eigenvalue weighted by Gasteiger charge is -2.16. The molecule has 0 aliphatic carbocycles. The quantitative estimate of drug-likeness (QED) is 0.0402. The highest BCUT2D eigenvalue weighted by Crippen LogP contribution is 2.34. The molecule has 0 aliphatic heterocycles. The summed E-state index contributed by atoms with van der Waals surface area (Å²) in [6, 6.07) is 18.3. The number of benzene rings is 5. The van der Waals surface area contributed by atoms with E-state index in [1.54, 1.807) is 12.1 Å². The van der Waals surface area contributed by atoms with Crippen LogP contribution in [0.4, 0.5) is 34.1 Å². The molecular weight excluding hydrogens is 977 g/mol. The first-order chi connectivity index (χ1) is 30.5. The molecule has 2 atom stereocenters. The van der Waals surface area contributed by atoms with Gasteiger partial charge in [-0.15, -0.1) is 11.6 Å². The SMILES string of the molecule is CC(=O)C(N=Nc1ccc(Cl)c(C(=O)Nc2c(Cl)cccc2Cl)c1)C(=O)Nc1ccc(NC(=O)C(N=Nc2ccc(Cl)c(C(=O)Nc3c(Cl)cccc3Cl)c2)C(C)=O)c(OCCCl)c1. The lowest BCUT2D eigenvalue weighted by molar-refractivity contribution is -0.127. The Morgan fingerprint density at radius 1 is 0.547 bits per heavy atom. The number of ether oxygens (including phenoxy) is 1. The molecule has 330 valence electrons. The lowest BCUT2D eigenvalue weighted by Crippen LogP contribution is -2.32. The second-order valence-corrected chi connectivity index (χ2v) is 15.9. The van der Waals surface area contributed by atoms with E-state index >= 15 is 0 Å². The Balaban J connectivity index is 1.30. The third-order valence-electron chi connectivity index (χ3n) is 8.48. The van der Waals surface area contributed by atoms with Crippen LogP contribution in [-0.2, 0) is 19.2 Å². The van der Waals surface area contributed by atoms with Gasteiger partial charge in [0.1, 0.15) is 12.4 Å². The summed E-state index contributed by atoms with van der Waals surface area (Å²) in [7, 11) is 0. The largest absolute Gasteiger partial charge is 0.490 e. The Labute approximate surface area is 399 Å². The summed E-state index contributed by atoms with van der Waals surface area (Å²) >= 11 is 43.2. The Kier molecular flexibility index (Phi) is 17.6. The van der Waals surface area contributed by atoms with Crippen LogP contribution in [0.15, 0.2) is 111 Å². The molecule has 0 aliphatic rings. The number of anilines is 4. The van der Waals surface area contributed by atoms with Crippen molar-refractivity contribution in [1.82, 2.24) is 0 Å². The summed E-state index contributed by atoms with van der Waals surface area (Å²) in [6.07, 6.45) is 0. The number of azo groups is 2. The molecule has 0 radical (unpaired) electrons. The molecule has 22 heteroatoms.